The minimum atomic E-state index is 0.397. The monoisotopic (exact) mass is 254 g/mol. The molecule has 2 aromatic rings. The van der Waals surface area contributed by atoms with Gasteiger partial charge in [0.05, 0.1) is 28.8 Å². The number of nitrogens with zero attached hydrogens (tertiary/aromatic N) is 4. The van der Waals surface area contributed by atoms with Crippen molar-refractivity contribution in [3.63, 3.8) is 0 Å². The average molecular weight is 255 g/mol. The highest BCUT2D eigenvalue weighted by Gasteiger charge is 2.13. The highest BCUT2D eigenvalue weighted by Crippen LogP contribution is 2.22. The molecule has 92 valence electrons. The van der Waals surface area contributed by atoms with E-state index >= 15 is 0 Å². The van der Waals surface area contributed by atoms with Gasteiger partial charge in [0.15, 0.2) is 5.75 Å². The van der Waals surface area contributed by atoms with Gasteiger partial charge in [-0.25, -0.2) is 0 Å². The van der Waals surface area contributed by atoms with E-state index in [1.807, 2.05) is 27.2 Å². The Morgan fingerprint density at radius 3 is 2.71 bits per heavy atom. The van der Waals surface area contributed by atoms with Crippen LogP contribution in [0.25, 0.3) is 0 Å². The molecule has 0 aliphatic carbocycles. The lowest BCUT2D eigenvalue weighted by atomic mass is 10.3. The fourth-order valence-electron chi connectivity index (χ4n) is 1.60. The number of hydrogen-bond donors (Lipinski definition) is 0. The summed E-state index contributed by atoms with van der Waals surface area (Å²) in [5.41, 5.74) is 1.78. The van der Waals surface area contributed by atoms with Crippen molar-refractivity contribution < 1.29 is 4.74 Å². The molecule has 0 aliphatic rings. The molecule has 0 bridgehead atoms. The van der Waals surface area contributed by atoms with E-state index in [0.29, 0.717) is 11.6 Å². The molecule has 0 aromatic carbocycles. The van der Waals surface area contributed by atoms with Crippen molar-refractivity contribution >= 4 is 11.6 Å². The maximum atomic E-state index is 6.22. The largest absolute Gasteiger partial charge is 0.484 e. The molecule has 0 atom stereocenters. The number of aromatic nitrogens is 4. The molecule has 0 aliphatic heterocycles. The van der Waals surface area contributed by atoms with Crippen LogP contribution in [-0.2, 0) is 27.1 Å². The lowest BCUT2D eigenvalue weighted by Crippen LogP contribution is -2.03. The van der Waals surface area contributed by atoms with Crippen molar-refractivity contribution in [3.8, 4) is 5.75 Å². The second-order valence-electron chi connectivity index (χ2n) is 3.82. The van der Waals surface area contributed by atoms with Crippen LogP contribution in [-0.4, -0.2) is 19.6 Å². The van der Waals surface area contributed by atoms with Crippen molar-refractivity contribution in [3.05, 3.63) is 28.8 Å². The first kappa shape index (κ1) is 12.0. The van der Waals surface area contributed by atoms with Gasteiger partial charge in [-0.2, -0.15) is 10.2 Å². The summed E-state index contributed by atoms with van der Waals surface area (Å²) in [4.78, 5) is 0. The Labute approximate surface area is 105 Å². The van der Waals surface area contributed by atoms with Gasteiger partial charge >= 0.3 is 0 Å². The Hall–Kier alpha value is -1.49. The van der Waals surface area contributed by atoms with Gasteiger partial charge in [0.2, 0.25) is 0 Å². The molecule has 2 heterocycles. The summed E-state index contributed by atoms with van der Waals surface area (Å²) >= 11 is 6.22. The zero-order valence-corrected chi connectivity index (χ0v) is 10.9. The smallest absolute Gasteiger partial charge is 0.157 e. The predicted octanol–water partition coefficient (Wildman–Crippen LogP) is 1.95. The van der Waals surface area contributed by atoms with E-state index in [2.05, 4.69) is 10.2 Å². The number of aryl methyl sites for hydroxylation is 3. The topological polar surface area (TPSA) is 44.9 Å². The minimum Gasteiger partial charge on any atom is -0.484 e. The highest BCUT2D eigenvalue weighted by molar-refractivity contribution is 6.31. The summed E-state index contributed by atoms with van der Waals surface area (Å²) in [5, 5.41) is 9.05. The molecule has 0 unspecified atom stereocenters. The summed E-state index contributed by atoms with van der Waals surface area (Å²) in [7, 11) is 3.71. The van der Waals surface area contributed by atoms with Crippen LogP contribution in [0.3, 0.4) is 0 Å². The first-order valence-electron chi connectivity index (χ1n) is 5.43. The standard InChI is InChI=1S/C11H15ClN4O/c1-4-9-11(12)10(16(3)14-9)7-17-8-5-13-15(2)6-8/h5-6H,4,7H2,1-3H3. The summed E-state index contributed by atoms with van der Waals surface area (Å²) in [6.45, 7) is 2.42. The third-order valence-corrected chi connectivity index (χ3v) is 3.00. The average Bonchev–Trinajstić information content (AvgIpc) is 2.82. The maximum absolute atomic E-state index is 6.22. The van der Waals surface area contributed by atoms with Crippen LogP contribution < -0.4 is 4.74 Å². The van der Waals surface area contributed by atoms with Gasteiger partial charge in [-0.1, -0.05) is 18.5 Å². The molecule has 2 rings (SSSR count). The maximum Gasteiger partial charge on any atom is 0.157 e. The van der Waals surface area contributed by atoms with Crippen LogP contribution in [0, 0.1) is 0 Å². The molecule has 17 heavy (non-hydrogen) atoms. The van der Waals surface area contributed by atoms with Crippen LogP contribution in [0.5, 0.6) is 5.75 Å². The van der Waals surface area contributed by atoms with Crippen molar-refractivity contribution in [2.45, 2.75) is 20.0 Å². The van der Waals surface area contributed by atoms with Gasteiger partial charge in [0.25, 0.3) is 0 Å². The molecule has 0 fully saturated rings. The van der Waals surface area contributed by atoms with E-state index in [9.17, 15) is 0 Å². The summed E-state index contributed by atoms with van der Waals surface area (Å²) in [6.07, 6.45) is 4.30. The Kier molecular flexibility index (Phi) is 3.38. The third kappa shape index (κ3) is 2.44. The fourth-order valence-corrected chi connectivity index (χ4v) is 1.95. The number of hydrogen-bond acceptors (Lipinski definition) is 3. The SMILES string of the molecule is CCc1nn(C)c(COc2cnn(C)c2)c1Cl. The molecule has 0 N–H and O–H groups in total. The molecule has 0 spiro atoms. The molecule has 2 aromatic heterocycles. The first-order chi connectivity index (χ1) is 8.11. The minimum absolute atomic E-state index is 0.397. The Morgan fingerprint density at radius 2 is 2.18 bits per heavy atom. The summed E-state index contributed by atoms with van der Waals surface area (Å²) < 4.78 is 9.06. The van der Waals surface area contributed by atoms with Crippen molar-refractivity contribution in [1.82, 2.24) is 19.6 Å². The first-order valence-corrected chi connectivity index (χ1v) is 5.81. The van der Waals surface area contributed by atoms with E-state index in [0.717, 1.165) is 23.6 Å². The van der Waals surface area contributed by atoms with E-state index in [1.165, 1.54) is 0 Å². The zero-order chi connectivity index (χ0) is 12.4. The molecule has 0 amide bonds. The summed E-state index contributed by atoms with van der Waals surface area (Å²) in [6, 6.07) is 0. The lowest BCUT2D eigenvalue weighted by molar-refractivity contribution is 0.294. The normalized spacial score (nSPS) is 10.8. The Bertz CT molecular complexity index is 518. The van der Waals surface area contributed by atoms with Gasteiger partial charge in [0, 0.05) is 14.1 Å². The quantitative estimate of drug-likeness (QED) is 0.838. The van der Waals surface area contributed by atoms with Crippen molar-refractivity contribution in [2.24, 2.45) is 14.1 Å². The molecule has 6 heteroatoms. The van der Waals surface area contributed by atoms with Gasteiger partial charge in [-0.15, -0.1) is 0 Å². The number of halogens is 1. The van der Waals surface area contributed by atoms with Crippen molar-refractivity contribution in [1.29, 1.82) is 0 Å². The van der Waals surface area contributed by atoms with Gasteiger partial charge < -0.3 is 4.74 Å². The molecular formula is C11H15ClN4O. The number of ether oxygens (including phenoxy) is 1. The second-order valence-corrected chi connectivity index (χ2v) is 4.20. The zero-order valence-electron chi connectivity index (χ0n) is 10.1. The van der Waals surface area contributed by atoms with Crippen LogP contribution in [0.1, 0.15) is 18.3 Å². The Balaban J connectivity index is 2.11. The van der Waals surface area contributed by atoms with E-state index in [1.54, 1.807) is 15.6 Å². The highest BCUT2D eigenvalue weighted by atomic mass is 35.5. The van der Waals surface area contributed by atoms with Crippen molar-refractivity contribution in [2.75, 3.05) is 0 Å². The van der Waals surface area contributed by atoms with E-state index in [4.69, 9.17) is 16.3 Å². The number of rotatable bonds is 4. The third-order valence-electron chi connectivity index (χ3n) is 2.56. The predicted molar refractivity (Wildman–Crippen MR) is 65.1 cm³/mol. The lowest BCUT2D eigenvalue weighted by Gasteiger charge is -2.04. The molecule has 0 saturated carbocycles. The van der Waals surface area contributed by atoms with Gasteiger partial charge in [-0.3, -0.25) is 9.36 Å². The van der Waals surface area contributed by atoms with Crippen LogP contribution >= 0.6 is 11.6 Å². The Morgan fingerprint density at radius 1 is 1.41 bits per heavy atom. The summed E-state index contributed by atoms with van der Waals surface area (Å²) in [5.74, 6) is 0.725. The van der Waals surface area contributed by atoms with E-state index < -0.39 is 0 Å². The molecule has 0 saturated heterocycles. The van der Waals surface area contributed by atoms with E-state index in [-0.39, 0.29) is 0 Å². The molecule has 5 nitrogen and oxygen atoms in total. The fraction of sp³-hybridized carbons (Fsp3) is 0.455. The van der Waals surface area contributed by atoms with Crippen LogP contribution in [0.15, 0.2) is 12.4 Å². The van der Waals surface area contributed by atoms with Gasteiger partial charge in [0.1, 0.15) is 6.61 Å². The molecule has 0 radical (unpaired) electrons. The van der Waals surface area contributed by atoms with Gasteiger partial charge in [-0.05, 0) is 6.42 Å². The second kappa shape index (κ2) is 4.79. The van der Waals surface area contributed by atoms with Crippen LogP contribution in [0.4, 0.5) is 0 Å². The van der Waals surface area contributed by atoms with Crippen LogP contribution in [0.2, 0.25) is 5.02 Å². The molecular weight excluding hydrogens is 240 g/mol.